The van der Waals surface area contributed by atoms with Gasteiger partial charge < -0.3 is 10.3 Å². The number of aromatic amines is 1. The van der Waals surface area contributed by atoms with Crippen molar-refractivity contribution in [1.82, 2.24) is 15.3 Å². The van der Waals surface area contributed by atoms with Gasteiger partial charge in [0.2, 0.25) is 0 Å². The Kier molecular flexibility index (Phi) is 5.02. The van der Waals surface area contributed by atoms with Gasteiger partial charge in [0.25, 0.3) is 0 Å². The molecule has 0 aliphatic heterocycles. The molecule has 19 heavy (non-hydrogen) atoms. The summed E-state index contributed by atoms with van der Waals surface area (Å²) < 4.78 is 0.992. The van der Waals surface area contributed by atoms with E-state index in [0.717, 1.165) is 27.3 Å². The van der Waals surface area contributed by atoms with E-state index in [-0.39, 0.29) is 12.1 Å². The third-order valence-electron chi connectivity index (χ3n) is 3.14. The van der Waals surface area contributed by atoms with Gasteiger partial charge in [-0.2, -0.15) is 0 Å². The van der Waals surface area contributed by atoms with Crippen LogP contribution < -0.4 is 5.32 Å². The molecule has 2 rings (SSSR count). The van der Waals surface area contributed by atoms with Gasteiger partial charge in [0.05, 0.1) is 6.04 Å². The highest BCUT2D eigenvalue weighted by molar-refractivity contribution is 9.10. The van der Waals surface area contributed by atoms with Crippen LogP contribution in [0.25, 0.3) is 0 Å². The molecule has 0 fully saturated rings. The minimum atomic E-state index is 0.163. The Hall–Kier alpha value is -0.840. The first-order valence-corrected chi connectivity index (χ1v) is 7.49. The summed E-state index contributed by atoms with van der Waals surface area (Å²) in [6, 6.07) is 6.33. The zero-order chi connectivity index (χ0) is 13.8. The molecule has 1 aromatic heterocycles. The fraction of sp³-hybridized carbons (Fsp3) is 0.357. The summed E-state index contributed by atoms with van der Waals surface area (Å²) in [4.78, 5) is 7.47. The first kappa shape index (κ1) is 14.6. The van der Waals surface area contributed by atoms with Crippen LogP contribution in [-0.4, -0.2) is 9.97 Å². The van der Waals surface area contributed by atoms with E-state index in [9.17, 15) is 0 Å². The van der Waals surface area contributed by atoms with Crippen LogP contribution in [0.1, 0.15) is 43.7 Å². The number of H-pyrrole nitrogens is 1. The molecule has 0 aliphatic carbocycles. The normalized spacial score (nSPS) is 14.3. The molecule has 2 unspecified atom stereocenters. The number of rotatable bonds is 5. The molecule has 0 saturated heterocycles. The van der Waals surface area contributed by atoms with E-state index in [2.05, 4.69) is 45.1 Å². The van der Waals surface area contributed by atoms with E-state index in [0.29, 0.717) is 0 Å². The highest BCUT2D eigenvalue weighted by Crippen LogP contribution is 2.28. The topological polar surface area (TPSA) is 40.7 Å². The lowest BCUT2D eigenvalue weighted by molar-refractivity contribution is 0.441. The number of halogens is 2. The van der Waals surface area contributed by atoms with Crippen molar-refractivity contribution in [2.45, 2.75) is 32.4 Å². The SMILES string of the molecule is CCC(NC(C)c1ccc(Br)cc1Cl)c1ncc[nH]1. The Balaban J connectivity index is 2.13. The highest BCUT2D eigenvalue weighted by Gasteiger charge is 2.17. The second-order valence-corrected chi connectivity index (χ2v) is 5.81. The van der Waals surface area contributed by atoms with E-state index in [1.807, 2.05) is 24.4 Å². The van der Waals surface area contributed by atoms with Gasteiger partial charge in [-0.15, -0.1) is 0 Å². The zero-order valence-electron chi connectivity index (χ0n) is 11.0. The molecule has 2 N–H and O–H groups in total. The number of aromatic nitrogens is 2. The van der Waals surface area contributed by atoms with Crippen LogP contribution in [0.2, 0.25) is 5.02 Å². The average Bonchev–Trinajstić information content (AvgIpc) is 2.89. The molecule has 0 radical (unpaired) electrons. The number of benzene rings is 1. The van der Waals surface area contributed by atoms with Crippen LogP contribution >= 0.6 is 27.5 Å². The third-order valence-corrected chi connectivity index (χ3v) is 3.96. The fourth-order valence-electron chi connectivity index (χ4n) is 2.10. The van der Waals surface area contributed by atoms with Gasteiger partial charge in [0, 0.05) is 27.9 Å². The number of hydrogen-bond donors (Lipinski definition) is 2. The molecule has 0 amide bonds. The molecule has 1 heterocycles. The van der Waals surface area contributed by atoms with Crippen LogP contribution in [0.5, 0.6) is 0 Å². The molecule has 1 aromatic carbocycles. The molecular formula is C14H17BrClN3. The summed E-state index contributed by atoms with van der Waals surface area (Å²) >= 11 is 9.70. The van der Waals surface area contributed by atoms with Crippen molar-refractivity contribution in [2.75, 3.05) is 0 Å². The monoisotopic (exact) mass is 341 g/mol. The second kappa shape index (κ2) is 6.55. The molecule has 2 atom stereocenters. The quantitative estimate of drug-likeness (QED) is 0.832. The number of nitrogens with zero attached hydrogens (tertiary/aromatic N) is 1. The maximum Gasteiger partial charge on any atom is 0.123 e. The van der Waals surface area contributed by atoms with Gasteiger partial charge in [-0.3, -0.25) is 0 Å². The summed E-state index contributed by atoms with van der Waals surface area (Å²) in [5.74, 6) is 0.961. The maximum atomic E-state index is 6.28. The summed E-state index contributed by atoms with van der Waals surface area (Å²) in [5.41, 5.74) is 1.09. The Labute approximate surface area is 126 Å². The molecule has 0 aliphatic rings. The van der Waals surface area contributed by atoms with Crippen molar-refractivity contribution < 1.29 is 0 Å². The van der Waals surface area contributed by atoms with Gasteiger partial charge in [-0.1, -0.05) is 40.5 Å². The van der Waals surface area contributed by atoms with Crippen LogP contribution in [0.3, 0.4) is 0 Å². The minimum Gasteiger partial charge on any atom is -0.347 e. The third kappa shape index (κ3) is 3.59. The summed E-state index contributed by atoms with van der Waals surface area (Å²) in [6.07, 6.45) is 4.58. The smallest absolute Gasteiger partial charge is 0.123 e. The lowest BCUT2D eigenvalue weighted by Gasteiger charge is -2.22. The number of nitrogens with one attached hydrogen (secondary N) is 2. The van der Waals surface area contributed by atoms with Gasteiger partial charge in [-0.25, -0.2) is 4.98 Å². The molecule has 0 saturated carbocycles. The number of imidazole rings is 1. The lowest BCUT2D eigenvalue weighted by Crippen LogP contribution is -2.25. The van der Waals surface area contributed by atoms with Crippen molar-refractivity contribution in [2.24, 2.45) is 0 Å². The second-order valence-electron chi connectivity index (χ2n) is 4.49. The summed E-state index contributed by atoms with van der Waals surface area (Å²) in [5, 5.41) is 4.32. The van der Waals surface area contributed by atoms with E-state index < -0.39 is 0 Å². The first-order chi connectivity index (χ1) is 9.11. The number of hydrogen-bond acceptors (Lipinski definition) is 2. The highest BCUT2D eigenvalue weighted by atomic mass is 79.9. The lowest BCUT2D eigenvalue weighted by atomic mass is 10.1. The van der Waals surface area contributed by atoms with Crippen LogP contribution in [-0.2, 0) is 0 Å². The maximum absolute atomic E-state index is 6.28. The Morgan fingerprint density at radius 3 is 2.84 bits per heavy atom. The van der Waals surface area contributed by atoms with Crippen LogP contribution in [0.4, 0.5) is 0 Å². The molecule has 2 aromatic rings. The summed E-state index contributed by atoms with van der Waals surface area (Å²) in [6.45, 7) is 4.25. The van der Waals surface area contributed by atoms with Crippen molar-refractivity contribution in [1.29, 1.82) is 0 Å². The predicted octanol–water partition coefficient (Wildman–Crippen LogP) is 4.63. The van der Waals surface area contributed by atoms with E-state index >= 15 is 0 Å². The fourth-order valence-corrected chi connectivity index (χ4v) is 2.94. The first-order valence-electron chi connectivity index (χ1n) is 6.32. The predicted molar refractivity (Wildman–Crippen MR) is 82.3 cm³/mol. The average molecular weight is 343 g/mol. The Morgan fingerprint density at radius 1 is 1.47 bits per heavy atom. The van der Waals surface area contributed by atoms with E-state index in [4.69, 9.17) is 11.6 Å². The van der Waals surface area contributed by atoms with Gasteiger partial charge in [0.1, 0.15) is 5.82 Å². The van der Waals surface area contributed by atoms with Crippen molar-refractivity contribution in [3.8, 4) is 0 Å². The zero-order valence-corrected chi connectivity index (χ0v) is 13.3. The molecule has 5 heteroatoms. The minimum absolute atomic E-state index is 0.163. The molecule has 0 spiro atoms. The van der Waals surface area contributed by atoms with Crippen LogP contribution in [0, 0.1) is 0 Å². The Morgan fingerprint density at radius 2 is 2.26 bits per heavy atom. The van der Waals surface area contributed by atoms with Crippen molar-refractivity contribution in [3.63, 3.8) is 0 Å². The standard InChI is InChI=1S/C14H17BrClN3/c1-3-13(14-17-6-7-18-14)19-9(2)11-5-4-10(15)8-12(11)16/h4-9,13,19H,3H2,1-2H3,(H,17,18). The largest absolute Gasteiger partial charge is 0.347 e. The van der Waals surface area contributed by atoms with Gasteiger partial charge in [0.15, 0.2) is 0 Å². The van der Waals surface area contributed by atoms with Crippen LogP contribution in [0.15, 0.2) is 35.1 Å². The Bertz CT molecular complexity index is 527. The molecule has 102 valence electrons. The van der Waals surface area contributed by atoms with Gasteiger partial charge >= 0.3 is 0 Å². The van der Waals surface area contributed by atoms with Crippen molar-refractivity contribution in [3.05, 3.63) is 51.5 Å². The van der Waals surface area contributed by atoms with Crippen molar-refractivity contribution >= 4 is 27.5 Å². The van der Waals surface area contributed by atoms with Gasteiger partial charge in [-0.05, 0) is 31.0 Å². The molecular weight excluding hydrogens is 326 g/mol. The van der Waals surface area contributed by atoms with E-state index in [1.165, 1.54) is 0 Å². The molecule has 0 bridgehead atoms. The van der Waals surface area contributed by atoms with E-state index in [1.54, 1.807) is 6.20 Å². The molecule has 3 nitrogen and oxygen atoms in total. The summed E-state index contributed by atoms with van der Waals surface area (Å²) in [7, 11) is 0.